The molecule has 0 aromatic carbocycles. The maximum Gasteiger partial charge on any atom is 0.307 e. The molecule has 2 aliphatic rings. The predicted molar refractivity (Wildman–Crippen MR) is 74.5 cm³/mol. The standard InChI is InChI=1S/C15H23N3O2/c1-2-10-8-11(12(9-10)15(19)20)14-17-16-13-6-4-3-5-7-18(13)14/h10-12H,2-9H2,1H3,(H,19,20). The van der Waals surface area contributed by atoms with Gasteiger partial charge in [0.25, 0.3) is 0 Å². The molecule has 0 bridgehead atoms. The first-order chi connectivity index (χ1) is 9.70. The van der Waals surface area contributed by atoms with Crippen LogP contribution < -0.4 is 0 Å². The highest BCUT2D eigenvalue weighted by Gasteiger charge is 2.41. The molecule has 3 atom stereocenters. The van der Waals surface area contributed by atoms with E-state index in [9.17, 15) is 9.90 Å². The summed E-state index contributed by atoms with van der Waals surface area (Å²) in [6.07, 6.45) is 7.33. The van der Waals surface area contributed by atoms with Crippen molar-refractivity contribution in [3.05, 3.63) is 11.6 Å². The molecule has 1 aromatic heterocycles. The lowest BCUT2D eigenvalue weighted by atomic mass is 9.95. The fraction of sp³-hybridized carbons (Fsp3) is 0.800. The van der Waals surface area contributed by atoms with Gasteiger partial charge in [-0.25, -0.2) is 0 Å². The maximum absolute atomic E-state index is 11.5. The van der Waals surface area contributed by atoms with Gasteiger partial charge in [0, 0.05) is 18.9 Å². The summed E-state index contributed by atoms with van der Waals surface area (Å²) in [6.45, 7) is 3.10. The second-order valence-corrected chi connectivity index (χ2v) is 6.23. The first kappa shape index (κ1) is 13.6. The molecule has 110 valence electrons. The van der Waals surface area contributed by atoms with Gasteiger partial charge in [-0.1, -0.05) is 19.8 Å². The quantitative estimate of drug-likeness (QED) is 0.922. The Kier molecular flexibility index (Phi) is 3.76. The lowest BCUT2D eigenvalue weighted by Gasteiger charge is -2.16. The number of aliphatic carboxylic acids is 1. The van der Waals surface area contributed by atoms with Crippen LogP contribution in [0.25, 0.3) is 0 Å². The van der Waals surface area contributed by atoms with Gasteiger partial charge in [-0.2, -0.15) is 0 Å². The number of carboxylic acids is 1. The van der Waals surface area contributed by atoms with Crippen molar-refractivity contribution in [1.29, 1.82) is 0 Å². The number of carboxylic acid groups (broad SMARTS) is 1. The Morgan fingerprint density at radius 1 is 1.30 bits per heavy atom. The number of carbonyl (C=O) groups is 1. The lowest BCUT2D eigenvalue weighted by Crippen LogP contribution is -2.20. The van der Waals surface area contributed by atoms with E-state index < -0.39 is 5.97 Å². The highest BCUT2D eigenvalue weighted by atomic mass is 16.4. The number of rotatable bonds is 3. The van der Waals surface area contributed by atoms with E-state index in [-0.39, 0.29) is 11.8 Å². The Labute approximate surface area is 119 Å². The summed E-state index contributed by atoms with van der Waals surface area (Å²) in [7, 11) is 0. The summed E-state index contributed by atoms with van der Waals surface area (Å²) in [5.41, 5.74) is 0. The molecule has 3 rings (SSSR count). The van der Waals surface area contributed by atoms with Crippen LogP contribution >= 0.6 is 0 Å². The van der Waals surface area contributed by atoms with Crippen LogP contribution in [0, 0.1) is 11.8 Å². The van der Waals surface area contributed by atoms with Crippen LogP contribution in [0.3, 0.4) is 0 Å². The van der Waals surface area contributed by atoms with Crippen molar-refractivity contribution in [2.75, 3.05) is 0 Å². The summed E-state index contributed by atoms with van der Waals surface area (Å²) in [6, 6.07) is 0. The number of nitrogens with zero attached hydrogens (tertiary/aromatic N) is 3. The smallest absolute Gasteiger partial charge is 0.307 e. The third-order valence-corrected chi connectivity index (χ3v) is 5.02. The van der Waals surface area contributed by atoms with E-state index in [1.807, 2.05) is 0 Å². The van der Waals surface area contributed by atoms with E-state index in [1.165, 1.54) is 12.8 Å². The molecule has 1 N–H and O–H groups in total. The fourth-order valence-electron chi connectivity index (χ4n) is 3.82. The molecule has 5 nitrogen and oxygen atoms in total. The molecule has 3 unspecified atom stereocenters. The van der Waals surface area contributed by atoms with Gasteiger partial charge >= 0.3 is 5.97 Å². The van der Waals surface area contributed by atoms with E-state index >= 15 is 0 Å². The highest BCUT2D eigenvalue weighted by Crippen LogP contribution is 2.44. The zero-order chi connectivity index (χ0) is 14.1. The summed E-state index contributed by atoms with van der Waals surface area (Å²) in [5, 5.41) is 18.2. The molecular weight excluding hydrogens is 254 g/mol. The van der Waals surface area contributed by atoms with Gasteiger partial charge in [0.1, 0.15) is 11.6 Å². The molecule has 0 amide bonds. The molecule has 1 fully saturated rings. The van der Waals surface area contributed by atoms with Crippen LogP contribution in [0.15, 0.2) is 0 Å². The molecular formula is C15H23N3O2. The van der Waals surface area contributed by atoms with Crippen LogP contribution in [0.4, 0.5) is 0 Å². The van der Waals surface area contributed by atoms with E-state index in [0.717, 1.165) is 50.3 Å². The largest absolute Gasteiger partial charge is 0.481 e. The van der Waals surface area contributed by atoms with Gasteiger partial charge in [0.2, 0.25) is 0 Å². The van der Waals surface area contributed by atoms with Crippen LogP contribution in [0.5, 0.6) is 0 Å². The van der Waals surface area contributed by atoms with Gasteiger partial charge < -0.3 is 9.67 Å². The topological polar surface area (TPSA) is 68.0 Å². The van der Waals surface area contributed by atoms with Crippen LogP contribution in [0.2, 0.25) is 0 Å². The molecule has 5 heteroatoms. The molecule has 20 heavy (non-hydrogen) atoms. The summed E-state index contributed by atoms with van der Waals surface area (Å²) in [5.74, 6) is 1.61. The molecule has 0 radical (unpaired) electrons. The summed E-state index contributed by atoms with van der Waals surface area (Å²) >= 11 is 0. The van der Waals surface area contributed by atoms with Crippen molar-refractivity contribution in [2.45, 2.75) is 64.3 Å². The minimum Gasteiger partial charge on any atom is -0.481 e. The number of aromatic nitrogens is 3. The number of aryl methyl sites for hydroxylation is 1. The fourth-order valence-corrected chi connectivity index (χ4v) is 3.82. The van der Waals surface area contributed by atoms with Crippen molar-refractivity contribution in [3.63, 3.8) is 0 Å². The average molecular weight is 277 g/mol. The Morgan fingerprint density at radius 2 is 2.15 bits per heavy atom. The number of hydrogen-bond acceptors (Lipinski definition) is 3. The van der Waals surface area contributed by atoms with Crippen molar-refractivity contribution < 1.29 is 9.90 Å². The number of hydrogen-bond donors (Lipinski definition) is 1. The van der Waals surface area contributed by atoms with Gasteiger partial charge in [-0.3, -0.25) is 4.79 Å². The van der Waals surface area contributed by atoms with Gasteiger partial charge in [0.05, 0.1) is 5.92 Å². The van der Waals surface area contributed by atoms with E-state index in [4.69, 9.17) is 0 Å². The van der Waals surface area contributed by atoms with Gasteiger partial charge in [-0.05, 0) is 31.6 Å². The summed E-state index contributed by atoms with van der Waals surface area (Å²) in [4.78, 5) is 11.5. The predicted octanol–water partition coefficient (Wildman–Crippen LogP) is 2.61. The zero-order valence-electron chi connectivity index (χ0n) is 12.1. The van der Waals surface area contributed by atoms with Crippen LogP contribution in [0.1, 0.15) is 63.0 Å². The summed E-state index contributed by atoms with van der Waals surface area (Å²) < 4.78 is 2.21. The normalized spacial score (nSPS) is 29.9. The van der Waals surface area contributed by atoms with Gasteiger partial charge in [0.15, 0.2) is 0 Å². The molecule has 1 aliphatic heterocycles. The molecule has 0 spiro atoms. The lowest BCUT2D eigenvalue weighted by molar-refractivity contribution is -0.142. The van der Waals surface area contributed by atoms with Crippen molar-refractivity contribution in [2.24, 2.45) is 11.8 Å². The highest BCUT2D eigenvalue weighted by molar-refractivity contribution is 5.71. The van der Waals surface area contributed by atoms with E-state index in [0.29, 0.717) is 5.92 Å². The Bertz CT molecular complexity index is 497. The monoisotopic (exact) mass is 277 g/mol. The second-order valence-electron chi connectivity index (χ2n) is 6.23. The van der Waals surface area contributed by atoms with Crippen molar-refractivity contribution in [1.82, 2.24) is 14.8 Å². The van der Waals surface area contributed by atoms with Gasteiger partial charge in [-0.15, -0.1) is 10.2 Å². The molecule has 1 aromatic rings. The molecule has 2 heterocycles. The van der Waals surface area contributed by atoms with Crippen molar-refractivity contribution in [3.8, 4) is 0 Å². The van der Waals surface area contributed by atoms with Crippen molar-refractivity contribution >= 4 is 5.97 Å². The Balaban J connectivity index is 1.91. The van der Waals surface area contributed by atoms with E-state index in [1.54, 1.807) is 0 Å². The van der Waals surface area contributed by atoms with Crippen LogP contribution in [-0.2, 0) is 17.8 Å². The average Bonchev–Trinajstić information content (AvgIpc) is 2.96. The third-order valence-electron chi connectivity index (χ3n) is 5.02. The molecule has 1 aliphatic carbocycles. The minimum absolute atomic E-state index is 0.0526. The first-order valence-corrected chi connectivity index (χ1v) is 7.85. The van der Waals surface area contributed by atoms with Crippen LogP contribution in [-0.4, -0.2) is 25.8 Å². The zero-order valence-corrected chi connectivity index (χ0v) is 12.1. The third kappa shape index (κ3) is 2.34. The van der Waals surface area contributed by atoms with E-state index in [2.05, 4.69) is 21.7 Å². The molecule has 0 saturated heterocycles. The number of fused-ring (bicyclic) bond motifs is 1. The first-order valence-electron chi connectivity index (χ1n) is 7.85. The Morgan fingerprint density at radius 3 is 2.90 bits per heavy atom. The molecule has 1 saturated carbocycles. The maximum atomic E-state index is 11.5. The Hall–Kier alpha value is -1.39. The minimum atomic E-state index is -0.670. The SMILES string of the molecule is CCC1CC(C(=O)O)C(c2nnc3n2CCCCC3)C1. The second kappa shape index (κ2) is 5.54.